The van der Waals surface area contributed by atoms with Gasteiger partial charge < -0.3 is 9.47 Å². The number of nitrogens with zero attached hydrogens (tertiary/aromatic N) is 1. The molecular weight excluding hydrogens is 374 g/mol. The topological polar surface area (TPSA) is 38.8 Å². The van der Waals surface area contributed by atoms with Gasteiger partial charge in [-0.1, -0.05) is 50.7 Å². The highest BCUT2D eigenvalue weighted by Gasteiger charge is 2.24. The van der Waals surface area contributed by atoms with Crippen LogP contribution < -0.4 is 0 Å². The minimum Gasteiger partial charge on any atom is -0.464 e. The summed E-state index contributed by atoms with van der Waals surface area (Å²) < 4.78 is 10.7. The van der Waals surface area contributed by atoms with Gasteiger partial charge in [0.15, 0.2) is 0 Å². The maximum Gasteiger partial charge on any atom is 0.305 e. The van der Waals surface area contributed by atoms with Gasteiger partial charge in [-0.25, -0.2) is 0 Å². The summed E-state index contributed by atoms with van der Waals surface area (Å²) in [6.07, 6.45) is 18.2. The summed E-state index contributed by atoms with van der Waals surface area (Å²) in [6.45, 7) is 7.02. The van der Waals surface area contributed by atoms with E-state index in [-0.39, 0.29) is 5.97 Å². The molecule has 2 atom stereocenters. The van der Waals surface area contributed by atoms with Gasteiger partial charge in [0.2, 0.25) is 0 Å². The van der Waals surface area contributed by atoms with E-state index in [1.807, 2.05) is 0 Å². The molecule has 4 heteroatoms. The quantitative estimate of drug-likeness (QED) is 0.175. The second-order valence-electron chi connectivity index (χ2n) is 8.70. The summed E-state index contributed by atoms with van der Waals surface area (Å²) in [5.74, 6) is 8.27. The maximum absolute atomic E-state index is 11.8. The molecule has 1 saturated heterocycles. The summed E-state index contributed by atoms with van der Waals surface area (Å²) in [7, 11) is 0. The second kappa shape index (κ2) is 16.4. The number of unbranched alkanes of at least 4 members (excludes halogenated alkanes) is 5. The first kappa shape index (κ1) is 25.0. The van der Waals surface area contributed by atoms with Gasteiger partial charge in [-0.15, -0.1) is 5.92 Å². The normalized spacial score (nSPS) is 22.2. The standard InChI is InChI=1S/C26H43NO3/c1-2-3-4-5-6-9-13-24-15-12-16-25(24)14-10-7-8-11-17-26(28)30-23-20-27-18-21-29-22-19-27/h7,10,24-25H,2-6,8,11-12,14-23H2,1H3/t24-,25-/m0/s1. The van der Waals surface area contributed by atoms with E-state index >= 15 is 0 Å². The highest BCUT2D eigenvalue weighted by molar-refractivity contribution is 5.69. The molecule has 1 aliphatic heterocycles. The lowest BCUT2D eigenvalue weighted by molar-refractivity contribution is -0.144. The predicted molar refractivity (Wildman–Crippen MR) is 123 cm³/mol. The molecule has 0 bridgehead atoms. The Balaban J connectivity index is 1.48. The summed E-state index contributed by atoms with van der Waals surface area (Å²) in [5, 5.41) is 0. The largest absolute Gasteiger partial charge is 0.464 e. The first-order valence-electron chi connectivity index (χ1n) is 12.4. The Kier molecular flexibility index (Phi) is 13.6. The van der Waals surface area contributed by atoms with Crippen molar-refractivity contribution in [2.45, 2.75) is 84.0 Å². The third-order valence-corrected chi connectivity index (χ3v) is 6.23. The highest BCUT2D eigenvalue weighted by atomic mass is 16.5. The molecule has 170 valence electrons. The second-order valence-corrected chi connectivity index (χ2v) is 8.70. The molecule has 0 aromatic heterocycles. The van der Waals surface area contributed by atoms with E-state index in [2.05, 4.69) is 35.8 Å². The molecule has 0 spiro atoms. The molecule has 0 radical (unpaired) electrons. The molecule has 2 aliphatic rings. The molecule has 0 amide bonds. The number of hydrogen-bond acceptors (Lipinski definition) is 4. The minimum absolute atomic E-state index is 0.0678. The smallest absolute Gasteiger partial charge is 0.305 e. The Hall–Kier alpha value is -1.31. The van der Waals surface area contributed by atoms with Crippen molar-refractivity contribution < 1.29 is 14.3 Å². The Morgan fingerprint density at radius 2 is 2.00 bits per heavy atom. The lowest BCUT2D eigenvalue weighted by Crippen LogP contribution is -2.38. The average molecular weight is 418 g/mol. The molecule has 30 heavy (non-hydrogen) atoms. The van der Waals surface area contributed by atoms with Crippen LogP contribution >= 0.6 is 0 Å². The highest BCUT2D eigenvalue weighted by Crippen LogP contribution is 2.34. The van der Waals surface area contributed by atoms with Crippen molar-refractivity contribution in [1.29, 1.82) is 0 Å². The van der Waals surface area contributed by atoms with Gasteiger partial charge in [-0.3, -0.25) is 9.69 Å². The molecular formula is C26H43NO3. The van der Waals surface area contributed by atoms with E-state index in [1.54, 1.807) is 0 Å². The summed E-state index contributed by atoms with van der Waals surface area (Å²) >= 11 is 0. The molecule has 0 aromatic rings. The third kappa shape index (κ3) is 11.2. The molecule has 2 fully saturated rings. The van der Waals surface area contributed by atoms with Crippen LogP contribution in [0.1, 0.15) is 84.0 Å². The first-order valence-corrected chi connectivity index (χ1v) is 12.4. The zero-order valence-corrected chi connectivity index (χ0v) is 19.2. The van der Waals surface area contributed by atoms with Crippen LogP contribution in [0.25, 0.3) is 0 Å². The van der Waals surface area contributed by atoms with Crippen LogP contribution in [0.2, 0.25) is 0 Å². The fourth-order valence-corrected chi connectivity index (χ4v) is 4.29. The van der Waals surface area contributed by atoms with E-state index in [9.17, 15) is 4.79 Å². The number of rotatable bonds is 13. The van der Waals surface area contributed by atoms with Crippen molar-refractivity contribution in [3.8, 4) is 11.8 Å². The fraction of sp³-hybridized carbons (Fsp3) is 0.808. The molecule has 0 unspecified atom stereocenters. The molecule has 0 aromatic carbocycles. The van der Waals surface area contributed by atoms with Gasteiger partial charge in [-0.2, -0.15) is 0 Å². The van der Waals surface area contributed by atoms with Crippen molar-refractivity contribution in [1.82, 2.24) is 4.90 Å². The van der Waals surface area contributed by atoms with Crippen molar-refractivity contribution in [2.24, 2.45) is 11.8 Å². The van der Waals surface area contributed by atoms with Gasteiger partial charge in [0.25, 0.3) is 0 Å². The minimum atomic E-state index is -0.0678. The Morgan fingerprint density at radius 3 is 2.83 bits per heavy atom. The van der Waals surface area contributed by atoms with Crippen LogP contribution in [0.4, 0.5) is 0 Å². The van der Waals surface area contributed by atoms with Crippen LogP contribution in [-0.4, -0.2) is 50.3 Å². The fourth-order valence-electron chi connectivity index (χ4n) is 4.29. The molecule has 4 nitrogen and oxygen atoms in total. The number of hydrogen-bond donors (Lipinski definition) is 0. The van der Waals surface area contributed by atoms with Crippen LogP contribution in [0, 0.1) is 23.7 Å². The first-order chi connectivity index (χ1) is 14.8. The van der Waals surface area contributed by atoms with Gasteiger partial charge in [0.05, 0.1) is 13.2 Å². The Bertz CT molecular complexity index is 542. The van der Waals surface area contributed by atoms with Gasteiger partial charge in [0.1, 0.15) is 6.61 Å². The Labute approximate surface area is 184 Å². The van der Waals surface area contributed by atoms with Crippen molar-refractivity contribution in [2.75, 3.05) is 39.5 Å². The van der Waals surface area contributed by atoms with Crippen molar-refractivity contribution in [3.63, 3.8) is 0 Å². The van der Waals surface area contributed by atoms with Gasteiger partial charge in [-0.05, 0) is 44.4 Å². The maximum atomic E-state index is 11.8. The number of carbonyl (C=O) groups excluding carboxylic acids is 1. The molecule has 1 saturated carbocycles. The molecule has 1 aliphatic carbocycles. The number of allylic oxidation sites excluding steroid dienone is 2. The molecule has 2 rings (SSSR count). The third-order valence-electron chi connectivity index (χ3n) is 6.23. The zero-order valence-electron chi connectivity index (χ0n) is 19.2. The number of esters is 1. The zero-order chi connectivity index (χ0) is 21.3. The van der Waals surface area contributed by atoms with Crippen LogP contribution in [0.5, 0.6) is 0 Å². The summed E-state index contributed by atoms with van der Waals surface area (Å²) in [6, 6.07) is 0. The molecule has 0 N–H and O–H groups in total. The van der Waals surface area contributed by atoms with Crippen LogP contribution in [-0.2, 0) is 14.3 Å². The van der Waals surface area contributed by atoms with Gasteiger partial charge >= 0.3 is 5.97 Å². The van der Waals surface area contributed by atoms with Crippen LogP contribution in [0.15, 0.2) is 12.2 Å². The van der Waals surface area contributed by atoms with E-state index in [1.165, 1.54) is 44.9 Å². The average Bonchev–Trinajstić information content (AvgIpc) is 3.21. The van der Waals surface area contributed by atoms with E-state index < -0.39 is 0 Å². The van der Waals surface area contributed by atoms with E-state index in [0.717, 1.165) is 64.4 Å². The van der Waals surface area contributed by atoms with Gasteiger partial charge in [0, 0.05) is 38.4 Å². The Morgan fingerprint density at radius 1 is 1.13 bits per heavy atom. The molecule has 1 heterocycles. The predicted octanol–water partition coefficient (Wildman–Crippen LogP) is 5.37. The lowest BCUT2D eigenvalue weighted by Gasteiger charge is -2.26. The van der Waals surface area contributed by atoms with Crippen molar-refractivity contribution >= 4 is 5.97 Å². The van der Waals surface area contributed by atoms with Crippen LogP contribution in [0.3, 0.4) is 0 Å². The lowest BCUT2D eigenvalue weighted by atomic mass is 9.93. The van der Waals surface area contributed by atoms with Crippen molar-refractivity contribution in [3.05, 3.63) is 12.2 Å². The summed E-state index contributed by atoms with van der Waals surface area (Å²) in [4.78, 5) is 14.1. The number of carbonyl (C=O) groups is 1. The number of ether oxygens (including phenoxy) is 2. The monoisotopic (exact) mass is 417 g/mol. The number of morpholine rings is 1. The summed E-state index contributed by atoms with van der Waals surface area (Å²) in [5.41, 5.74) is 0. The van der Waals surface area contributed by atoms with E-state index in [4.69, 9.17) is 9.47 Å². The SMILES string of the molecule is CCCCCCC#C[C@H]1CCC[C@@H]1CC=CCCCC(=O)OCCN1CCOCC1. The van der Waals surface area contributed by atoms with E-state index in [0.29, 0.717) is 18.9 Å².